The molecular weight excluding hydrogens is 230 g/mol. The fourth-order valence-electron chi connectivity index (χ4n) is 2.47. The van der Waals surface area contributed by atoms with Crippen LogP contribution in [0.5, 0.6) is 0 Å². The zero-order chi connectivity index (χ0) is 13.1. The van der Waals surface area contributed by atoms with Gasteiger partial charge in [0.2, 0.25) is 5.91 Å². The van der Waals surface area contributed by atoms with Crippen LogP contribution in [0.4, 0.5) is 11.6 Å². The molecule has 0 radical (unpaired) electrons. The minimum atomic E-state index is -0.299. The molecule has 0 saturated carbocycles. The molecule has 0 aliphatic carbocycles. The number of rotatable bonds is 4. The van der Waals surface area contributed by atoms with E-state index in [0.717, 1.165) is 43.6 Å². The molecule has 1 aromatic rings. The third-order valence-corrected chi connectivity index (χ3v) is 3.31. The Labute approximate surface area is 106 Å². The van der Waals surface area contributed by atoms with Crippen LogP contribution in [0.25, 0.3) is 0 Å². The average molecular weight is 249 g/mol. The van der Waals surface area contributed by atoms with Crippen LogP contribution >= 0.6 is 0 Å². The van der Waals surface area contributed by atoms with Crippen molar-refractivity contribution in [1.82, 2.24) is 9.97 Å². The number of nitrogens with zero attached hydrogens (tertiary/aromatic N) is 3. The maximum absolute atomic E-state index is 11.4. The van der Waals surface area contributed by atoms with Gasteiger partial charge in [0.05, 0.1) is 0 Å². The minimum absolute atomic E-state index is 0.269. The Bertz CT molecular complexity index is 448. The van der Waals surface area contributed by atoms with Crippen molar-refractivity contribution >= 4 is 17.5 Å². The summed E-state index contributed by atoms with van der Waals surface area (Å²) in [6.45, 7) is 2.87. The van der Waals surface area contributed by atoms with Gasteiger partial charge in [0.25, 0.3) is 0 Å². The van der Waals surface area contributed by atoms with Crippen molar-refractivity contribution in [2.45, 2.75) is 38.6 Å². The predicted octanol–water partition coefficient (Wildman–Crippen LogP) is 0.465. The average Bonchev–Trinajstić information content (AvgIpc) is 2.81. The normalized spacial score (nSPS) is 19.2. The van der Waals surface area contributed by atoms with Gasteiger partial charge in [-0.05, 0) is 19.3 Å². The molecule has 0 aromatic carbocycles. The molecule has 6 heteroatoms. The third kappa shape index (κ3) is 2.23. The first-order valence-corrected chi connectivity index (χ1v) is 6.30. The first-order valence-electron chi connectivity index (χ1n) is 6.30. The molecule has 18 heavy (non-hydrogen) atoms. The Kier molecular flexibility index (Phi) is 3.64. The van der Waals surface area contributed by atoms with E-state index in [2.05, 4.69) is 16.9 Å². The molecule has 1 unspecified atom stereocenters. The second-order valence-electron chi connectivity index (χ2n) is 4.56. The lowest BCUT2D eigenvalue weighted by molar-refractivity contribution is -0.119. The highest BCUT2D eigenvalue weighted by Crippen LogP contribution is 2.29. The summed E-state index contributed by atoms with van der Waals surface area (Å²) in [6, 6.07) is -0.269. The summed E-state index contributed by atoms with van der Waals surface area (Å²) in [4.78, 5) is 21.7. The highest BCUT2D eigenvalue weighted by atomic mass is 16.1. The van der Waals surface area contributed by atoms with E-state index in [-0.39, 0.29) is 11.9 Å². The molecule has 1 saturated heterocycles. The van der Waals surface area contributed by atoms with Gasteiger partial charge in [0.1, 0.15) is 24.0 Å². The van der Waals surface area contributed by atoms with Gasteiger partial charge < -0.3 is 16.4 Å². The highest BCUT2D eigenvalue weighted by molar-refractivity contribution is 5.84. The molecule has 6 nitrogen and oxygen atoms in total. The van der Waals surface area contributed by atoms with E-state index < -0.39 is 0 Å². The summed E-state index contributed by atoms with van der Waals surface area (Å²) in [5.41, 5.74) is 12.3. The standard InChI is InChI=1S/C12H19N5O/c1-2-4-8-10(13)15-7-16-12(8)17-6-3-5-9(17)11(14)18/h7,9H,2-6H2,1H3,(H2,14,18)(H2,13,15,16). The number of carbonyl (C=O) groups excluding carboxylic acids is 1. The number of anilines is 2. The highest BCUT2D eigenvalue weighted by Gasteiger charge is 2.31. The van der Waals surface area contributed by atoms with E-state index in [1.54, 1.807) is 0 Å². The van der Waals surface area contributed by atoms with Gasteiger partial charge in [0.15, 0.2) is 0 Å². The summed E-state index contributed by atoms with van der Waals surface area (Å²) in [5.74, 6) is 0.967. The van der Waals surface area contributed by atoms with Crippen molar-refractivity contribution in [2.75, 3.05) is 17.2 Å². The van der Waals surface area contributed by atoms with E-state index >= 15 is 0 Å². The summed E-state index contributed by atoms with van der Waals surface area (Å²) in [5, 5.41) is 0. The van der Waals surface area contributed by atoms with Crippen molar-refractivity contribution < 1.29 is 4.79 Å². The SMILES string of the molecule is CCCc1c(N)ncnc1N1CCCC1C(N)=O. The molecule has 1 aliphatic rings. The number of amides is 1. The van der Waals surface area contributed by atoms with Crippen molar-refractivity contribution in [2.24, 2.45) is 5.73 Å². The van der Waals surface area contributed by atoms with Crippen LogP contribution in [-0.2, 0) is 11.2 Å². The second-order valence-corrected chi connectivity index (χ2v) is 4.56. The number of hydrogen-bond donors (Lipinski definition) is 2. The number of carbonyl (C=O) groups is 1. The van der Waals surface area contributed by atoms with Crippen LogP contribution in [0.15, 0.2) is 6.33 Å². The van der Waals surface area contributed by atoms with Gasteiger partial charge in [-0.3, -0.25) is 4.79 Å². The molecule has 1 atom stereocenters. The number of primary amides is 1. The van der Waals surface area contributed by atoms with E-state index in [1.807, 2.05) is 4.90 Å². The lowest BCUT2D eigenvalue weighted by Gasteiger charge is -2.25. The molecule has 0 bridgehead atoms. The van der Waals surface area contributed by atoms with Gasteiger partial charge in [0, 0.05) is 12.1 Å². The van der Waals surface area contributed by atoms with Crippen LogP contribution in [0.2, 0.25) is 0 Å². The molecule has 1 amide bonds. The van der Waals surface area contributed by atoms with Crippen molar-refractivity contribution in [3.05, 3.63) is 11.9 Å². The van der Waals surface area contributed by atoms with Crippen LogP contribution in [0, 0.1) is 0 Å². The molecule has 0 spiro atoms. The summed E-state index contributed by atoms with van der Waals surface area (Å²) in [6.07, 6.45) is 4.94. The van der Waals surface area contributed by atoms with Crippen LogP contribution in [-0.4, -0.2) is 28.5 Å². The second kappa shape index (κ2) is 5.20. The molecule has 1 aromatic heterocycles. The zero-order valence-electron chi connectivity index (χ0n) is 10.6. The monoisotopic (exact) mass is 249 g/mol. The number of nitrogens with two attached hydrogens (primary N) is 2. The quantitative estimate of drug-likeness (QED) is 0.808. The molecular formula is C12H19N5O. The van der Waals surface area contributed by atoms with Gasteiger partial charge in [-0.15, -0.1) is 0 Å². The largest absolute Gasteiger partial charge is 0.383 e. The Morgan fingerprint density at radius 3 is 3.00 bits per heavy atom. The van der Waals surface area contributed by atoms with Crippen molar-refractivity contribution in [3.63, 3.8) is 0 Å². The predicted molar refractivity (Wildman–Crippen MR) is 70.0 cm³/mol. The number of hydrogen-bond acceptors (Lipinski definition) is 5. The third-order valence-electron chi connectivity index (χ3n) is 3.31. The Morgan fingerprint density at radius 1 is 1.56 bits per heavy atom. The summed E-state index contributed by atoms with van der Waals surface area (Å²) >= 11 is 0. The lowest BCUT2D eigenvalue weighted by atomic mass is 10.1. The van der Waals surface area contributed by atoms with E-state index in [9.17, 15) is 4.79 Å². The minimum Gasteiger partial charge on any atom is -0.383 e. The smallest absolute Gasteiger partial charge is 0.240 e. The maximum Gasteiger partial charge on any atom is 0.240 e. The zero-order valence-corrected chi connectivity index (χ0v) is 10.6. The van der Waals surface area contributed by atoms with Crippen LogP contribution < -0.4 is 16.4 Å². The van der Waals surface area contributed by atoms with E-state index in [4.69, 9.17) is 11.5 Å². The first kappa shape index (κ1) is 12.6. The Hall–Kier alpha value is -1.85. The van der Waals surface area contributed by atoms with Gasteiger partial charge in [-0.25, -0.2) is 9.97 Å². The van der Waals surface area contributed by atoms with E-state index in [1.165, 1.54) is 6.33 Å². The molecule has 1 aliphatic heterocycles. The van der Waals surface area contributed by atoms with E-state index in [0.29, 0.717) is 5.82 Å². The lowest BCUT2D eigenvalue weighted by Crippen LogP contribution is -2.41. The first-order chi connectivity index (χ1) is 8.65. The molecule has 98 valence electrons. The molecule has 2 rings (SSSR count). The Balaban J connectivity index is 2.37. The summed E-state index contributed by atoms with van der Waals surface area (Å²) in [7, 11) is 0. The Morgan fingerprint density at radius 2 is 2.33 bits per heavy atom. The van der Waals surface area contributed by atoms with Crippen molar-refractivity contribution in [1.29, 1.82) is 0 Å². The fourth-order valence-corrected chi connectivity index (χ4v) is 2.47. The topological polar surface area (TPSA) is 98.1 Å². The van der Waals surface area contributed by atoms with Gasteiger partial charge in [-0.2, -0.15) is 0 Å². The number of aromatic nitrogens is 2. The molecule has 1 fully saturated rings. The molecule has 4 N–H and O–H groups in total. The van der Waals surface area contributed by atoms with Crippen LogP contribution in [0.3, 0.4) is 0 Å². The molecule has 2 heterocycles. The van der Waals surface area contributed by atoms with Gasteiger partial charge in [-0.1, -0.05) is 13.3 Å². The van der Waals surface area contributed by atoms with Crippen molar-refractivity contribution in [3.8, 4) is 0 Å². The van der Waals surface area contributed by atoms with Crippen LogP contribution in [0.1, 0.15) is 31.7 Å². The fraction of sp³-hybridized carbons (Fsp3) is 0.583. The number of nitrogen functional groups attached to an aromatic ring is 1. The van der Waals surface area contributed by atoms with Gasteiger partial charge >= 0.3 is 0 Å². The summed E-state index contributed by atoms with van der Waals surface area (Å²) < 4.78 is 0. The maximum atomic E-state index is 11.4.